The molecule has 0 aliphatic heterocycles. The van der Waals surface area contributed by atoms with E-state index in [1.165, 1.54) is 0 Å². The summed E-state index contributed by atoms with van der Waals surface area (Å²) in [6, 6.07) is 14.2. The minimum absolute atomic E-state index is 0.645. The third-order valence-electron chi connectivity index (χ3n) is 3.17. The maximum absolute atomic E-state index is 4.48. The Balaban J connectivity index is 1.64. The van der Waals surface area contributed by atoms with Crippen molar-refractivity contribution in [1.29, 1.82) is 0 Å². The minimum atomic E-state index is 0.645. The van der Waals surface area contributed by atoms with Crippen LogP contribution in [-0.4, -0.2) is 20.0 Å². The molecule has 1 N–H and O–H groups in total. The molecule has 0 aliphatic carbocycles. The van der Waals surface area contributed by atoms with E-state index in [4.69, 9.17) is 0 Å². The van der Waals surface area contributed by atoms with Gasteiger partial charge >= 0.3 is 0 Å². The second-order valence-corrected chi connectivity index (χ2v) is 4.68. The second kappa shape index (κ2) is 6.17. The molecule has 0 unspecified atom stereocenters. The number of nitrogens with one attached hydrogen (secondary N) is 1. The van der Waals surface area contributed by atoms with Gasteiger partial charge in [0, 0.05) is 5.56 Å². The molecule has 5 heteroatoms. The highest BCUT2D eigenvalue weighted by Gasteiger charge is 2.01. The van der Waals surface area contributed by atoms with Crippen LogP contribution in [-0.2, 0) is 13.1 Å². The van der Waals surface area contributed by atoms with Gasteiger partial charge in [-0.15, -0.1) is 0 Å². The van der Waals surface area contributed by atoms with Gasteiger partial charge in [-0.05, 0) is 19.1 Å². The van der Waals surface area contributed by atoms with Gasteiger partial charge in [-0.25, -0.2) is 0 Å². The lowest BCUT2D eigenvalue weighted by molar-refractivity contribution is 0.564. The molecule has 1 aromatic carbocycles. The van der Waals surface area contributed by atoms with Crippen LogP contribution in [0.15, 0.2) is 54.9 Å². The van der Waals surface area contributed by atoms with E-state index in [9.17, 15) is 0 Å². The van der Waals surface area contributed by atoms with E-state index in [0.717, 1.165) is 29.2 Å². The molecule has 3 rings (SSSR count). The van der Waals surface area contributed by atoms with Gasteiger partial charge in [0.05, 0.1) is 36.9 Å². The topological polar surface area (TPSA) is 55.6 Å². The summed E-state index contributed by atoms with van der Waals surface area (Å²) >= 11 is 0. The summed E-state index contributed by atoms with van der Waals surface area (Å²) in [5.74, 6) is 0. The molecule has 0 atom stereocenters. The number of rotatable bonds is 5. The van der Waals surface area contributed by atoms with Crippen molar-refractivity contribution in [3.8, 4) is 11.3 Å². The Morgan fingerprint density at radius 1 is 1.05 bits per heavy atom. The van der Waals surface area contributed by atoms with Crippen molar-refractivity contribution in [3.63, 3.8) is 0 Å². The molecule has 2 heterocycles. The fourth-order valence-corrected chi connectivity index (χ4v) is 2.04. The molecule has 106 valence electrons. The maximum atomic E-state index is 4.48. The average molecular weight is 279 g/mol. The van der Waals surface area contributed by atoms with Gasteiger partial charge in [0.2, 0.25) is 0 Å². The molecule has 0 amide bonds. The molecule has 0 aliphatic rings. The lowest BCUT2D eigenvalue weighted by Gasteiger charge is -2.05. The summed E-state index contributed by atoms with van der Waals surface area (Å²) in [7, 11) is 0. The number of benzene rings is 1. The quantitative estimate of drug-likeness (QED) is 0.780. The normalized spacial score (nSPS) is 10.5. The summed E-state index contributed by atoms with van der Waals surface area (Å²) in [5.41, 5.74) is 3.98. The number of hydrogen-bond acceptors (Lipinski definition) is 4. The maximum Gasteiger partial charge on any atom is 0.102 e. The number of pyridine rings is 1. The van der Waals surface area contributed by atoms with Crippen LogP contribution in [0.4, 0.5) is 5.69 Å². The van der Waals surface area contributed by atoms with E-state index in [0.29, 0.717) is 6.54 Å². The van der Waals surface area contributed by atoms with Gasteiger partial charge in [0.25, 0.3) is 0 Å². The number of nitrogens with zero attached hydrogens (tertiary/aromatic N) is 4. The van der Waals surface area contributed by atoms with Crippen LogP contribution in [0.2, 0.25) is 0 Å². The summed E-state index contributed by atoms with van der Waals surface area (Å²) in [5, 5.41) is 11.8. The highest BCUT2D eigenvalue weighted by atomic mass is 15.5. The molecule has 0 radical (unpaired) electrons. The Bertz CT molecular complexity index is 688. The van der Waals surface area contributed by atoms with E-state index in [-0.39, 0.29) is 0 Å². The Labute approximate surface area is 123 Å². The van der Waals surface area contributed by atoms with E-state index < -0.39 is 0 Å². The summed E-state index contributed by atoms with van der Waals surface area (Å²) < 4.78 is 0. The van der Waals surface area contributed by atoms with Crippen molar-refractivity contribution < 1.29 is 0 Å². The third kappa shape index (κ3) is 3.25. The van der Waals surface area contributed by atoms with Crippen molar-refractivity contribution in [3.05, 3.63) is 60.6 Å². The molecule has 0 fully saturated rings. The number of aromatic nitrogens is 4. The molecule has 0 spiro atoms. The van der Waals surface area contributed by atoms with Crippen molar-refractivity contribution in [1.82, 2.24) is 20.0 Å². The van der Waals surface area contributed by atoms with E-state index in [2.05, 4.69) is 32.6 Å². The van der Waals surface area contributed by atoms with Crippen molar-refractivity contribution in [2.75, 3.05) is 5.32 Å². The van der Waals surface area contributed by atoms with E-state index >= 15 is 0 Å². The Morgan fingerprint density at radius 2 is 1.90 bits per heavy atom. The lowest BCUT2D eigenvalue weighted by atomic mass is 10.1. The van der Waals surface area contributed by atoms with Gasteiger partial charge in [-0.2, -0.15) is 15.0 Å². The van der Waals surface area contributed by atoms with Crippen LogP contribution in [0.5, 0.6) is 0 Å². The SMILES string of the molecule is CCn1ncc(CNc2ccc(-c3ccccc3)nc2)n1. The van der Waals surface area contributed by atoms with Gasteiger partial charge in [-0.3, -0.25) is 4.98 Å². The van der Waals surface area contributed by atoms with Crippen LogP contribution in [0.25, 0.3) is 11.3 Å². The standard InChI is InChI=1S/C16H17N5/c1-2-21-19-12-15(20-21)11-17-14-8-9-16(18-10-14)13-6-4-3-5-7-13/h3-10,12,17H,2,11H2,1H3. The first-order valence-corrected chi connectivity index (χ1v) is 6.99. The fraction of sp³-hybridized carbons (Fsp3) is 0.188. The first-order valence-electron chi connectivity index (χ1n) is 6.99. The highest BCUT2D eigenvalue weighted by Crippen LogP contribution is 2.18. The number of anilines is 1. The fourth-order valence-electron chi connectivity index (χ4n) is 2.04. The highest BCUT2D eigenvalue weighted by molar-refractivity contribution is 5.60. The zero-order valence-electron chi connectivity index (χ0n) is 11.9. The minimum Gasteiger partial charge on any atom is -0.378 e. The molecular weight excluding hydrogens is 262 g/mol. The summed E-state index contributed by atoms with van der Waals surface area (Å²) in [4.78, 5) is 6.15. The van der Waals surface area contributed by atoms with Crippen molar-refractivity contribution >= 4 is 5.69 Å². The Hall–Kier alpha value is -2.69. The zero-order valence-corrected chi connectivity index (χ0v) is 11.9. The molecule has 3 aromatic rings. The summed E-state index contributed by atoms with van der Waals surface area (Å²) in [6.07, 6.45) is 3.62. The zero-order chi connectivity index (χ0) is 14.5. The average Bonchev–Trinajstić information content (AvgIpc) is 3.02. The molecule has 0 saturated heterocycles. The van der Waals surface area contributed by atoms with Crippen LogP contribution in [0.1, 0.15) is 12.6 Å². The van der Waals surface area contributed by atoms with Gasteiger partial charge < -0.3 is 5.32 Å². The van der Waals surface area contributed by atoms with Crippen LogP contribution >= 0.6 is 0 Å². The number of hydrogen-bond donors (Lipinski definition) is 1. The lowest BCUT2D eigenvalue weighted by Crippen LogP contribution is -2.03. The van der Waals surface area contributed by atoms with E-state index in [1.54, 1.807) is 11.0 Å². The van der Waals surface area contributed by atoms with E-state index in [1.807, 2.05) is 43.5 Å². The second-order valence-electron chi connectivity index (χ2n) is 4.68. The van der Waals surface area contributed by atoms with Crippen molar-refractivity contribution in [2.45, 2.75) is 20.0 Å². The third-order valence-corrected chi connectivity index (χ3v) is 3.17. The molecule has 0 saturated carbocycles. The first kappa shape index (κ1) is 13.3. The van der Waals surface area contributed by atoms with Gasteiger partial charge in [0.1, 0.15) is 5.69 Å². The van der Waals surface area contributed by atoms with Crippen molar-refractivity contribution in [2.24, 2.45) is 0 Å². The molecule has 2 aromatic heterocycles. The Kier molecular flexibility index (Phi) is 3.91. The monoisotopic (exact) mass is 279 g/mol. The first-order chi connectivity index (χ1) is 10.3. The summed E-state index contributed by atoms with van der Waals surface area (Å²) in [6.45, 7) is 3.45. The number of aryl methyl sites for hydroxylation is 1. The molecule has 0 bridgehead atoms. The predicted molar refractivity (Wildman–Crippen MR) is 82.7 cm³/mol. The van der Waals surface area contributed by atoms with Crippen LogP contribution in [0.3, 0.4) is 0 Å². The van der Waals surface area contributed by atoms with Gasteiger partial charge in [0.15, 0.2) is 0 Å². The largest absolute Gasteiger partial charge is 0.378 e. The Morgan fingerprint density at radius 3 is 2.57 bits per heavy atom. The smallest absolute Gasteiger partial charge is 0.102 e. The molecule has 21 heavy (non-hydrogen) atoms. The van der Waals surface area contributed by atoms with Crippen LogP contribution < -0.4 is 5.32 Å². The molecular formula is C16H17N5. The van der Waals surface area contributed by atoms with Gasteiger partial charge in [-0.1, -0.05) is 30.3 Å². The van der Waals surface area contributed by atoms with Crippen LogP contribution in [0, 0.1) is 0 Å². The predicted octanol–water partition coefficient (Wildman–Crippen LogP) is 2.97. The molecule has 5 nitrogen and oxygen atoms in total.